The van der Waals surface area contributed by atoms with Crippen molar-refractivity contribution >= 4 is 43.2 Å². The SMILES string of the molecule is [B]C1([B])Cc2ncc([N+](=O)[O-])cc2C([B])([B])N1C(=O)OC(C)(C)C. The van der Waals surface area contributed by atoms with Crippen molar-refractivity contribution in [3.8, 4) is 0 Å². The van der Waals surface area contributed by atoms with Crippen LogP contribution in [0, 0.1) is 10.1 Å². The third-order valence-electron chi connectivity index (χ3n) is 3.41. The monoisotopic (exact) mass is 319 g/mol. The lowest BCUT2D eigenvalue weighted by molar-refractivity contribution is -0.385. The number of fused-ring (bicyclic) bond motifs is 1. The van der Waals surface area contributed by atoms with Crippen LogP contribution in [0.25, 0.3) is 0 Å². The quantitative estimate of drug-likeness (QED) is 0.420. The lowest BCUT2D eigenvalue weighted by atomic mass is 9.46. The van der Waals surface area contributed by atoms with Crippen LogP contribution in [0.1, 0.15) is 32.0 Å². The third-order valence-corrected chi connectivity index (χ3v) is 3.41. The van der Waals surface area contributed by atoms with E-state index < -0.39 is 27.3 Å². The fourth-order valence-corrected chi connectivity index (χ4v) is 2.51. The molecule has 2 heterocycles. The molecule has 1 aromatic rings. The fourth-order valence-electron chi connectivity index (χ4n) is 2.51. The van der Waals surface area contributed by atoms with Crippen LogP contribution in [-0.2, 0) is 16.5 Å². The average molecular weight is 319 g/mol. The summed E-state index contributed by atoms with van der Waals surface area (Å²) in [5.74, 6) is 0. The minimum Gasteiger partial charge on any atom is -0.444 e. The van der Waals surface area contributed by atoms with Gasteiger partial charge in [-0.1, -0.05) is 0 Å². The van der Waals surface area contributed by atoms with Gasteiger partial charge in [0.15, 0.2) is 0 Å². The van der Waals surface area contributed by atoms with Crippen molar-refractivity contribution in [2.75, 3.05) is 0 Å². The largest absolute Gasteiger partial charge is 0.444 e. The zero-order valence-corrected chi connectivity index (χ0v) is 13.6. The predicted octanol–water partition coefficient (Wildman–Crippen LogP) is 0.221. The summed E-state index contributed by atoms with van der Waals surface area (Å²) in [6.45, 7) is 4.95. The average Bonchev–Trinajstić information content (AvgIpc) is 2.33. The minimum atomic E-state index is -2.03. The van der Waals surface area contributed by atoms with Gasteiger partial charge in [-0.05, 0) is 43.4 Å². The number of nitrogens with zero attached hydrogens (tertiary/aromatic N) is 3. The number of pyridine rings is 1. The number of hydrogen-bond acceptors (Lipinski definition) is 5. The lowest BCUT2D eigenvalue weighted by Crippen LogP contribution is -2.67. The van der Waals surface area contributed by atoms with E-state index >= 15 is 0 Å². The Hall–Kier alpha value is -1.92. The maximum atomic E-state index is 12.5. The van der Waals surface area contributed by atoms with Gasteiger partial charge in [0.2, 0.25) is 0 Å². The molecular weight excluding hydrogens is 305 g/mol. The number of aromatic nitrogens is 1. The molecule has 1 aliphatic rings. The summed E-state index contributed by atoms with van der Waals surface area (Å²) in [6.07, 6.45) is 0.0128. The first kappa shape index (κ1) is 18.4. The number of rotatable bonds is 1. The van der Waals surface area contributed by atoms with E-state index in [1.807, 2.05) is 0 Å². The number of carbonyl (C=O) groups is 1. The lowest BCUT2D eigenvalue weighted by Gasteiger charge is -2.54. The minimum absolute atomic E-state index is 0.0779. The van der Waals surface area contributed by atoms with E-state index in [4.69, 9.17) is 36.1 Å². The van der Waals surface area contributed by atoms with E-state index in [1.165, 1.54) is 0 Å². The molecule has 0 bridgehead atoms. The van der Waals surface area contributed by atoms with Gasteiger partial charge in [0.05, 0.1) is 36.3 Å². The Morgan fingerprint density at radius 1 is 1.38 bits per heavy atom. The molecule has 0 aliphatic carbocycles. The maximum absolute atomic E-state index is 12.5. The molecule has 0 spiro atoms. The zero-order chi connectivity index (χ0) is 18.5. The van der Waals surface area contributed by atoms with Gasteiger partial charge in [-0.2, -0.15) is 0 Å². The first-order valence-electron chi connectivity index (χ1n) is 7.08. The van der Waals surface area contributed by atoms with Gasteiger partial charge in [0.1, 0.15) is 11.8 Å². The number of ether oxygens (including phenoxy) is 1. The Morgan fingerprint density at radius 3 is 2.46 bits per heavy atom. The van der Waals surface area contributed by atoms with Gasteiger partial charge in [-0.3, -0.25) is 15.1 Å². The first-order chi connectivity index (χ1) is 10.8. The summed E-state index contributed by atoms with van der Waals surface area (Å²) < 4.78 is 5.25. The summed E-state index contributed by atoms with van der Waals surface area (Å²) in [6, 6.07) is 1.15. The van der Waals surface area contributed by atoms with Crippen LogP contribution in [0.15, 0.2) is 12.3 Å². The van der Waals surface area contributed by atoms with Gasteiger partial charge in [0.25, 0.3) is 5.69 Å². The van der Waals surface area contributed by atoms with Gasteiger partial charge in [0, 0.05) is 11.8 Å². The number of nitro groups is 1. The summed E-state index contributed by atoms with van der Waals surface area (Å²) in [5.41, 5.74) is -0.811. The summed E-state index contributed by atoms with van der Waals surface area (Å²) in [4.78, 5) is 27.6. The van der Waals surface area contributed by atoms with Crippen LogP contribution in [0.4, 0.5) is 10.5 Å². The van der Waals surface area contributed by atoms with Gasteiger partial charge < -0.3 is 9.64 Å². The second-order valence-corrected chi connectivity index (χ2v) is 6.75. The second kappa shape index (κ2) is 5.57. The maximum Gasteiger partial charge on any atom is 0.408 e. The molecule has 1 aliphatic heterocycles. The number of hydrogen-bond donors (Lipinski definition) is 0. The molecule has 1 aromatic heterocycles. The molecule has 0 fully saturated rings. The highest BCUT2D eigenvalue weighted by atomic mass is 16.6. The van der Waals surface area contributed by atoms with Crippen LogP contribution in [0.3, 0.4) is 0 Å². The van der Waals surface area contributed by atoms with E-state index in [2.05, 4.69) is 4.98 Å². The van der Waals surface area contributed by atoms with E-state index in [9.17, 15) is 14.9 Å². The van der Waals surface area contributed by atoms with Crippen LogP contribution >= 0.6 is 0 Å². The van der Waals surface area contributed by atoms with Crippen LogP contribution in [0.5, 0.6) is 0 Å². The Morgan fingerprint density at radius 2 is 1.96 bits per heavy atom. The normalized spacial score (nSPS) is 18.5. The van der Waals surface area contributed by atoms with Crippen molar-refractivity contribution in [1.82, 2.24) is 9.88 Å². The van der Waals surface area contributed by atoms with Crippen molar-refractivity contribution in [3.63, 3.8) is 0 Å². The molecule has 1 amide bonds. The van der Waals surface area contributed by atoms with E-state index in [0.717, 1.165) is 17.2 Å². The summed E-state index contributed by atoms with van der Waals surface area (Å²) in [7, 11) is 24.2. The van der Waals surface area contributed by atoms with Crippen LogP contribution in [-0.4, -0.2) is 63.2 Å². The molecule has 8 radical (unpaired) electrons. The fraction of sp³-hybridized carbons (Fsp3) is 0.538. The summed E-state index contributed by atoms with van der Waals surface area (Å²) >= 11 is 0. The van der Waals surface area contributed by atoms with E-state index in [0.29, 0.717) is 0 Å². The molecule has 0 N–H and O–H groups in total. The molecule has 11 heteroatoms. The van der Waals surface area contributed by atoms with Crippen molar-refractivity contribution in [2.45, 2.75) is 43.5 Å². The van der Waals surface area contributed by atoms with Crippen molar-refractivity contribution in [3.05, 3.63) is 33.6 Å². The Bertz CT molecular complexity index is 703. The van der Waals surface area contributed by atoms with Crippen molar-refractivity contribution in [2.24, 2.45) is 0 Å². The van der Waals surface area contributed by atoms with Crippen molar-refractivity contribution < 1.29 is 14.5 Å². The second-order valence-electron chi connectivity index (χ2n) is 6.75. The van der Waals surface area contributed by atoms with Crippen LogP contribution in [0.2, 0.25) is 0 Å². The standard InChI is InChI=1S/C13H13B4N3O4/c1-11(2,3)24-10(21)19-12(14,15)5-9-8(13(19,16)17)4-7(6-18-9)20(22)23/h4,6H,5H2,1-3H3. The molecular formula is C13H13B4N3O4. The first-order valence-corrected chi connectivity index (χ1v) is 7.08. The molecule has 2 rings (SSSR count). The molecule has 0 saturated heterocycles. The van der Waals surface area contributed by atoms with Crippen LogP contribution < -0.4 is 0 Å². The molecule has 0 aromatic carbocycles. The highest BCUT2D eigenvalue weighted by Gasteiger charge is 2.48. The zero-order valence-electron chi connectivity index (χ0n) is 13.6. The van der Waals surface area contributed by atoms with Gasteiger partial charge in [-0.25, -0.2) is 4.79 Å². The molecule has 0 unspecified atom stereocenters. The smallest absolute Gasteiger partial charge is 0.408 e. The van der Waals surface area contributed by atoms with Gasteiger partial charge in [-0.15, -0.1) is 0 Å². The van der Waals surface area contributed by atoms with Crippen molar-refractivity contribution in [1.29, 1.82) is 0 Å². The Balaban J connectivity index is 2.56. The highest BCUT2D eigenvalue weighted by molar-refractivity contribution is 6.46. The Labute approximate surface area is 145 Å². The molecule has 116 valence electrons. The highest BCUT2D eigenvalue weighted by Crippen LogP contribution is 2.38. The third kappa shape index (κ3) is 3.30. The summed E-state index contributed by atoms with van der Waals surface area (Å²) in [5, 5.41) is 7.15. The van der Waals surface area contributed by atoms with E-state index in [1.54, 1.807) is 20.8 Å². The van der Waals surface area contributed by atoms with Gasteiger partial charge >= 0.3 is 6.09 Å². The number of carbonyl (C=O) groups excluding carboxylic acids is 1. The molecule has 24 heavy (non-hydrogen) atoms. The molecule has 0 atom stereocenters. The predicted molar refractivity (Wildman–Crippen MR) is 90.1 cm³/mol. The topological polar surface area (TPSA) is 85.6 Å². The molecule has 0 saturated carbocycles. The number of amides is 1. The molecule has 7 nitrogen and oxygen atoms in total. The van der Waals surface area contributed by atoms with E-state index in [-0.39, 0.29) is 23.4 Å². The Kier molecular flexibility index (Phi) is 4.27.